The summed E-state index contributed by atoms with van der Waals surface area (Å²) < 4.78 is 35.2. The van der Waals surface area contributed by atoms with Gasteiger partial charge in [-0.3, -0.25) is 0 Å². The van der Waals surface area contributed by atoms with E-state index in [-0.39, 0.29) is 10.6 Å². The largest absolute Gasteiger partial charge is 0.494 e. The minimum atomic E-state index is -3.25. The zero-order valence-electron chi connectivity index (χ0n) is 14.1. The van der Waals surface area contributed by atoms with Crippen LogP contribution in [0.1, 0.15) is 13.3 Å². The second kappa shape index (κ2) is 8.33. The number of oxazole rings is 1. The van der Waals surface area contributed by atoms with Crippen molar-refractivity contribution < 1.29 is 17.6 Å². The van der Waals surface area contributed by atoms with Gasteiger partial charge in [0.05, 0.1) is 17.3 Å². The van der Waals surface area contributed by atoms with Crippen LogP contribution >= 0.6 is 23.4 Å². The molecule has 0 aliphatic carbocycles. The minimum Gasteiger partial charge on any atom is -0.494 e. The van der Waals surface area contributed by atoms with Gasteiger partial charge < -0.3 is 9.15 Å². The fourth-order valence-electron chi connectivity index (χ4n) is 2.25. The van der Waals surface area contributed by atoms with Crippen LogP contribution in [0, 0.1) is 0 Å². The third-order valence-electron chi connectivity index (χ3n) is 3.68. The standard InChI is InChI=1S/C18H18ClNO4S2/c1-2-26(21,22)15-8-9-17-16(12-15)20-18(24-17)25-11-3-10-23-14-6-4-13(19)5-7-14/h4-9,12H,2-3,10-11H2,1H3. The monoisotopic (exact) mass is 411 g/mol. The molecule has 0 bridgehead atoms. The Morgan fingerprint density at radius 1 is 1.19 bits per heavy atom. The molecule has 5 nitrogen and oxygen atoms in total. The van der Waals surface area contributed by atoms with Crippen LogP contribution in [-0.4, -0.2) is 31.5 Å². The number of fused-ring (bicyclic) bond motifs is 1. The zero-order valence-corrected chi connectivity index (χ0v) is 16.5. The summed E-state index contributed by atoms with van der Waals surface area (Å²) in [6.45, 7) is 2.20. The first-order chi connectivity index (χ1) is 12.5. The van der Waals surface area contributed by atoms with E-state index >= 15 is 0 Å². The van der Waals surface area contributed by atoms with E-state index in [2.05, 4.69) is 4.98 Å². The Morgan fingerprint density at radius 3 is 2.69 bits per heavy atom. The molecule has 138 valence electrons. The Balaban J connectivity index is 1.53. The lowest BCUT2D eigenvalue weighted by atomic mass is 10.3. The molecule has 1 heterocycles. The molecule has 26 heavy (non-hydrogen) atoms. The molecular weight excluding hydrogens is 394 g/mol. The number of rotatable bonds is 8. The molecule has 0 amide bonds. The SMILES string of the molecule is CCS(=O)(=O)c1ccc2oc(SCCCOc3ccc(Cl)cc3)nc2c1. The summed E-state index contributed by atoms with van der Waals surface area (Å²) in [5, 5.41) is 1.20. The van der Waals surface area contributed by atoms with Gasteiger partial charge in [0.1, 0.15) is 11.3 Å². The molecular formula is C18H18ClNO4S2. The first kappa shape index (κ1) is 19.1. The topological polar surface area (TPSA) is 69.4 Å². The van der Waals surface area contributed by atoms with Crippen molar-refractivity contribution in [3.8, 4) is 5.75 Å². The molecule has 0 aliphatic heterocycles. The second-order valence-electron chi connectivity index (χ2n) is 5.52. The average Bonchev–Trinajstić information content (AvgIpc) is 3.05. The maximum absolute atomic E-state index is 11.9. The Labute approximate surface area is 161 Å². The van der Waals surface area contributed by atoms with Crippen molar-refractivity contribution in [3.05, 3.63) is 47.5 Å². The highest BCUT2D eigenvalue weighted by molar-refractivity contribution is 7.99. The molecule has 0 fully saturated rings. The van der Waals surface area contributed by atoms with Crippen molar-refractivity contribution in [3.63, 3.8) is 0 Å². The molecule has 0 aliphatic rings. The van der Waals surface area contributed by atoms with Gasteiger partial charge in [-0.1, -0.05) is 30.3 Å². The Bertz CT molecular complexity index is 984. The van der Waals surface area contributed by atoms with Crippen LogP contribution in [0.4, 0.5) is 0 Å². The lowest BCUT2D eigenvalue weighted by Gasteiger charge is -2.05. The van der Waals surface area contributed by atoms with E-state index in [9.17, 15) is 8.42 Å². The van der Waals surface area contributed by atoms with Crippen molar-refractivity contribution in [2.45, 2.75) is 23.5 Å². The summed E-state index contributed by atoms with van der Waals surface area (Å²) in [5.41, 5.74) is 1.14. The van der Waals surface area contributed by atoms with E-state index < -0.39 is 9.84 Å². The summed E-state index contributed by atoms with van der Waals surface area (Å²) in [5.74, 6) is 1.62. The molecule has 0 saturated heterocycles. The molecule has 3 rings (SSSR count). The van der Waals surface area contributed by atoms with Gasteiger partial charge in [0, 0.05) is 10.8 Å². The van der Waals surface area contributed by atoms with Gasteiger partial charge in [-0.15, -0.1) is 0 Å². The Kier molecular flexibility index (Phi) is 6.11. The van der Waals surface area contributed by atoms with Gasteiger partial charge in [0.15, 0.2) is 15.4 Å². The van der Waals surface area contributed by atoms with Crippen LogP contribution in [-0.2, 0) is 9.84 Å². The van der Waals surface area contributed by atoms with E-state index in [1.807, 2.05) is 12.1 Å². The molecule has 8 heteroatoms. The molecule has 3 aromatic rings. The maximum Gasteiger partial charge on any atom is 0.256 e. The molecule has 0 N–H and O–H groups in total. The van der Waals surface area contributed by atoms with Crippen molar-refractivity contribution in [1.29, 1.82) is 0 Å². The van der Waals surface area contributed by atoms with Crippen molar-refractivity contribution >= 4 is 44.3 Å². The molecule has 0 unspecified atom stereocenters. The molecule has 0 atom stereocenters. The molecule has 2 aromatic carbocycles. The van der Waals surface area contributed by atoms with Gasteiger partial charge in [-0.05, 0) is 48.9 Å². The molecule has 0 radical (unpaired) electrons. The van der Waals surface area contributed by atoms with Crippen LogP contribution in [0.15, 0.2) is 57.0 Å². The predicted molar refractivity (Wildman–Crippen MR) is 104 cm³/mol. The van der Waals surface area contributed by atoms with E-state index in [1.165, 1.54) is 11.8 Å². The molecule has 0 saturated carbocycles. The Morgan fingerprint density at radius 2 is 1.96 bits per heavy atom. The fourth-order valence-corrected chi connectivity index (χ4v) is 4.02. The number of thioether (sulfide) groups is 1. The quantitative estimate of drug-likeness (QED) is 0.390. The highest BCUT2D eigenvalue weighted by Gasteiger charge is 2.14. The normalized spacial score (nSPS) is 11.8. The summed E-state index contributed by atoms with van der Waals surface area (Å²) in [7, 11) is -3.25. The second-order valence-corrected chi connectivity index (χ2v) is 9.28. The van der Waals surface area contributed by atoms with E-state index in [0.29, 0.717) is 28.0 Å². The maximum atomic E-state index is 11.9. The van der Waals surface area contributed by atoms with E-state index in [0.717, 1.165) is 17.9 Å². The van der Waals surface area contributed by atoms with Gasteiger partial charge in [-0.2, -0.15) is 0 Å². The average molecular weight is 412 g/mol. The number of aromatic nitrogens is 1. The van der Waals surface area contributed by atoms with Crippen LogP contribution in [0.25, 0.3) is 11.1 Å². The zero-order chi connectivity index (χ0) is 18.6. The highest BCUT2D eigenvalue weighted by atomic mass is 35.5. The van der Waals surface area contributed by atoms with Crippen LogP contribution in [0.2, 0.25) is 5.02 Å². The number of halogens is 1. The number of benzene rings is 2. The lowest BCUT2D eigenvalue weighted by molar-refractivity contribution is 0.318. The minimum absolute atomic E-state index is 0.0611. The predicted octanol–water partition coefficient (Wildman–Crippen LogP) is 4.84. The van der Waals surface area contributed by atoms with Gasteiger partial charge in [0.25, 0.3) is 5.22 Å². The first-order valence-corrected chi connectivity index (χ1v) is 11.1. The van der Waals surface area contributed by atoms with Crippen LogP contribution < -0.4 is 4.74 Å². The van der Waals surface area contributed by atoms with Gasteiger partial charge in [-0.25, -0.2) is 13.4 Å². The lowest BCUT2D eigenvalue weighted by Crippen LogP contribution is -2.03. The molecule has 0 spiro atoms. The summed E-state index contributed by atoms with van der Waals surface area (Å²) in [4.78, 5) is 4.64. The highest BCUT2D eigenvalue weighted by Crippen LogP contribution is 2.26. The van der Waals surface area contributed by atoms with Gasteiger partial charge in [0.2, 0.25) is 0 Å². The first-order valence-electron chi connectivity index (χ1n) is 8.12. The van der Waals surface area contributed by atoms with Crippen LogP contribution in [0.3, 0.4) is 0 Å². The van der Waals surface area contributed by atoms with E-state index in [1.54, 1.807) is 37.3 Å². The number of nitrogens with zero attached hydrogens (tertiary/aromatic N) is 1. The third-order valence-corrected chi connectivity index (χ3v) is 6.57. The number of sulfone groups is 1. The van der Waals surface area contributed by atoms with Crippen molar-refractivity contribution in [2.75, 3.05) is 18.1 Å². The number of hydrogen-bond donors (Lipinski definition) is 0. The number of ether oxygens (including phenoxy) is 1. The van der Waals surface area contributed by atoms with Crippen LogP contribution in [0.5, 0.6) is 5.75 Å². The number of hydrogen-bond acceptors (Lipinski definition) is 6. The van der Waals surface area contributed by atoms with E-state index in [4.69, 9.17) is 20.8 Å². The Hall–Kier alpha value is -1.70. The smallest absolute Gasteiger partial charge is 0.256 e. The summed E-state index contributed by atoms with van der Waals surface area (Å²) >= 11 is 7.30. The fraction of sp³-hybridized carbons (Fsp3) is 0.278. The summed E-state index contributed by atoms with van der Waals surface area (Å²) in [6, 6.07) is 12.0. The molecule has 1 aromatic heterocycles. The third kappa shape index (κ3) is 4.72. The van der Waals surface area contributed by atoms with Crippen molar-refractivity contribution in [2.24, 2.45) is 0 Å². The van der Waals surface area contributed by atoms with Gasteiger partial charge >= 0.3 is 0 Å². The van der Waals surface area contributed by atoms with Crippen molar-refractivity contribution in [1.82, 2.24) is 4.98 Å². The summed E-state index contributed by atoms with van der Waals surface area (Å²) in [6.07, 6.45) is 0.821.